The Morgan fingerprint density at radius 3 is 2.45 bits per heavy atom. The Kier molecular flexibility index (Phi) is 10.2. The lowest BCUT2D eigenvalue weighted by molar-refractivity contribution is 0.0748. The maximum atomic E-state index is 5.45. The van der Waals surface area contributed by atoms with Gasteiger partial charge in [0.05, 0.1) is 26.4 Å². The van der Waals surface area contributed by atoms with Crippen LogP contribution < -0.4 is 10.6 Å². The van der Waals surface area contributed by atoms with Crippen LogP contribution in [0, 0.1) is 11.8 Å². The first-order chi connectivity index (χ1) is 10.7. The molecule has 0 heterocycles. The average molecular weight is 313 g/mol. The Balaban J connectivity index is 2.28. The van der Waals surface area contributed by atoms with Crippen molar-refractivity contribution in [1.29, 1.82) is 0 Å². The van der Waals surface area contributed by atoms with Gasteiger partial charge in [0.1, 0.15) is 0 Å². The number of nitrogens with one attached hydrogen (secondary N) is 2. The van der Waals surface area contributed by atoms with E-state index < -0.39 is 0 Å². The summed E-state index contributed by atoms with van der Waals surface area (Å²) >= 11 is 0. The molecule has 0 aromatic rings. The van der Waals surface area contributed by atoms with E-state index in [0.29, 0.717) is 32.4 Å². The van der Waals surface area contributed by atoms with E-state index in [1.165, 1.54) is 25.7 Å². The van der Waals surface area contributed by atoms with Gasteiger partial charge in [-0.3, -0.25) is 4.99 Å². The van der Waals surface area contributed by atoms with Gasteiger partial charge in [-0.05, 0) is 44.4 Å². The molecule has 1 rings (SSSR count). The van der Waals surface area contributed by atoms with Crippen LogP contribution in [-0.2, 0) is 9.47 Å². The zero-order valence-corrected chi connectivity index (χ0v) is 14.9. The van der Waals surface area contributed by atoms with Crippen molar-refractivity contribution in [3.05, 3.63) is 0 Å². The smallest absolute Gasteiger partial charge is 0.191 e. The molecule has 1 fully saturated rings. The Hall–Kier alpha value is -0.810. The third-order valence-corrected chi connectivity index (χ3v) is 4.34. The first kappa shape index (κ1) is 19.2. The van der Waals surface area contributed by atoms with Crippen molar-refractivity contribution in [3.8, 4) is 0 Å². The predicted octanol–water partition coefficient (Wildman–Crippen LogP) is 2.42. The molecule has 1 aliphatic rings. The van der Waals surface area contributed by atoms with E-state index in [1.807, 2.05) is 0 Å². The molecule has 0 atom stereocenters. The van der Waals surface area contributed by atoms with Crippen LogP contribution in [0.25, 0.3) is 0 Å². The maximum absolute atomic E-state index is 5.45. The molecule has 0 amide bonds. The maximum Gasteiger partial charge on any atom is 0.191 e. The number of nitrogens with zero attached hydrogens (tertiary/aromatic N) is 1. The molecule has 0 radical (unpaired) electrons. The van der Waals surface area contributed by atoms with E-state index in [0.717, 1.165) is 24.3 Å². The lowest BCUT2D eigenvalue weighted by Crippen LogP contribution is -2.45. The molecular weight excluding hydrogens is 278 g/mol. The van der Waals surface area contributed by atoms with Crippen molar-refractivity contribution >= 4 is 5.96 Å². The Bertz CT molecular complexity index is 300. The second kappa shape index (κ2) is 11.7. The van der Waals surface area contributed by atoms with Crippen molar-refractivity contribution in [2.45, 2.75) is 52.5 Å². The van der Waals surface area contributed by atoms with Crippen molar-refractivity contribution in [3.63, 3.8) is 0 Å². The molecule has 2 N–H and O–H groups in total. The van der Waals surface area contributed by atoms with Gasteiger partial charge in [0.25, 0.3) is 0 Å². The van der Waals surface area contributed by atoms with Crippen molar-refractivity contribution in [1.82, 2.24) is 10.6 Å². The largest absolute Gasteiger partial charge is 0.382 e. The lowest BCUT2D eigenvalue weighted by atomic mass is 9.80. The number of guanidine groups is 1. The number of aliphatic imine (C=N–C) groups is 1. The highest BCUT2D eigenvalue weighted by atomic mass is 16.5. The number of hydrogen-bond acceptors (Lipinski definition) is 3. The van der Waals surface area contributed by atoms with Crippen LogP contribution in [0.4, 0.5) is 0 Å². The third-order valence-electron chi connectivity index (χ3n) is 4.34. The molecule has 0 spiro atoms. The van der Waals surface area contributed by atoms with Crippen LogP contribution in [0.2, 0.25) is 0 Å². The minimum atomic E-state index is 0.558. The summed E-state index contributed by atoms with van der Waals surface area (Å²) in [5.74, 6) is 2.63. The molecule has 0 bridgehead atoms. The van der Waals surface area contributed by atoms with Gasteiger partial charge in [-0.1, -0.05) is 13.8 Å². The Labute approximate surface area is 136 Å². The second-order valence-electron chi connectivity index (χ2n) is 6.37. The van der Waals surface area contributed by atoms with Crippen LogP contribution in [0.1, 0.15) is 46.5 Å². The molecule has 22 heavy (non-hydrogen) atoms. The third kappa shape index (κ3) is 7.99. The highest BCUT2D eigenvalue weighted by molar-refractivity contribution is 5.80. The standard InChI is InChI=1S/C17H35N3O2/c1-5-18-17(19-10-11-22-13-12-21-4)20-16-8-6-15(7-9-16)14(2)3/h14-16H,5-13H2,1-4H3,(H2,18,19,20). The molecule has 0 unspecified atom stereocenters. The van der Waals surface area contributed by atoms with E-state index in [9.17, 15) is 0 Å². The van der Waals surface area contributed by atoms with E-state index in [1.54, 1.807) is 7.11 Å². The van der Waals surface area contributed by atoms with Gasteiger partial charge in [0.15, 0.2) is 5.96 Å². The quantitative estimate of drug-likeness (QED) is 0.390. The molecule has 130 valence electrons. The lowest BCUT2D eigenvalue weighted by Gasteiger charge is -2.32. The van der Waals surface area contributed by atoms with E-state index in [-0.39, 0.29) is 0 Å². The van der Waals surface area contributed by atoms with Gasteiger partial charge in [-0.2, -0.15) is 0 Å². The van der Waals surface area contributed by atoms with E-state index >= 15 is 0 Å². The summed E-state index contributed by atoms with van der Waals surface area (Å²) in [6, 6.07) is 0.558. The van der Waals surface area contributed by atoms with Crippen molar-refractivity contribution < 1.29 is 9.47 Å². The van der Waals surface area contributed by atoms with E-state index in [4.69, 9.17) is 9.47 Å². The fraction of sp³-hybridized carbons (Fsp3) is 0.941. The number of rotatable bonds is 9. The summed E-state index contributed by atoms with van der Waals surface area (Å²) < 4.78 is 10.4. The summed E-state index contributed by atoms with van der Waals surface area (Å²) in [5, 5.41) is 6.90. The fourth-order valence-electron chi connectivity index (χ4n) is 2.91. The summed E-state index contributed by atoms with van der Waals surface area (Å²) in [7, 11) is 1.68. The van der Waals surface area contributed by atoms with Crippen LogP contribution >= 0.6 is 0 Å². The minimum absolute atomic E-state index is 0.558. The molecule has 0 aromatic carbocycles. The summed E-state index contributed by atoms with van der Waals surface area (Å²) in [4.78, 5) is 4.59. The topological polar surface area (TPSA) is 54.9 Å². The first-order valence-electron chi connectivity index (χ1n) is 8.78. The normalized spacial score (nSPS) is 22.9. The van der Waals surface area contributed by atoms with Gasteiger partial charge in [-0.25, -0.2) is 0 Å². The predicted molar refractivity (Wildman–Crippen MR) is 92.4 cm³/mol. The SMILES string of the molecule is CCNC(=NCCOCCOC)NC1CCC(C(C)C)CC1. The highest BCUT2D eigenvalue weighted by Crippen LogP contribution is 2.29. The molecule has 1 aliphatic carbocycles. The fourth-order valence-corrected chi connectivity index (χ4v) is 2.91. The highest BCUT2D eigenvalue weighted by Gasteiger charge is 2.23. The first-order valence-corrected chi connectivity index (χ1v) is 8.78. The van der Waals surface area contributed by atoms with Crippen LogP contribution in [0.5, 0.6) is 0 Å². The molecule has 5 nitrogen and oxygen atoms in total. The van der Waals surface area contributed by atoms with E-state index in [2.05, 4.69) is 36.4 Å². The van der Waals surface area contributed by atoms with Crippen LogP contribution in [0.15, 0.2) is 4.99 Å². The average Bonchev–Trinajstić information content (AvgIpc) is 2.51. The summed E-state index contributed by atoms with van der Waals surface area (Å²) in [6.45, 7) is 10.3. The monoisotopic (exact) mass is 313 g/mol. The van der Waals surface area contributed by atoms with Crippen molar-refractivity contribution in [2.24, 2.45) is 16.8 Å². The second-order valence-corrected chi connectivity index (χ2v) is 6.37. The number of hydrogen-bond donors (Lipinski definition) is 2. The molecule has 0 aromatic heterocycles. The Morgan fingerprint density at radius 1 is 1.14 bits per heavy atom. The Morgan fingerprint density at radius 2 is 1.86 bits per heavy atom. The minimum Gasteiger partial charge on any atom is -0.382 e. The van der Waals surface area contributed by atoms with Gasteiger partial charge >= 0.3 is 0 Å². The van der Waals surface area contributed by atoms with Crippen LogP contribution in [0.3, 0.4) is 0 Å². The molecule has 5 heteroatoms. The zero-order valence-electron chi connectivity index (χ0n) is 14.9. The number of ether oxygens (including phenoxy) is 2. The zero-order chi connectivity index (χ0) is 16.2. The summed E-state index contributed by atoms with van der Waals surface area (Å²) in [5.41, 5.74) is 0. The number of methoxy groups -OCH3 is 1. The van der Waals surface area contributed by atoms with Gasteiger partial charge in [0.2, 0.25) is 0 Å². The molecule has 0 aliphatic heterocycles. The van der Waals surface area contributed by atoms with Crippen molar-refractivity contribution in [2.75, 3.05) is 40.0 Å². The summed E-state index contributed by atoms with van der Waals surface area (Å²) in [6.07, 6.45) is 5.15. The molecular formula is C17H35N3O2. The van der Waals surface area contributed by atoms with Crippen LogP contribution in [-0.4, -0.2) is 52.0 Å². The van der Waals surface area contributed by atoms with Gasteiger partial charge in [-0.15, -0.1) is 0 Å². The van der Waals surface area contributed by atoms with Gasteiger partial charge < -0.3 is 20.1 Å². The van der Waals surface area contributed by atoms with Gasteiger partial charge in [0, 0.05) is 19.7 Å². The molecule has 0 saturated heterocycles. The molecule has 1 saturated carbocycles.